The first-order chi connectivity index (χ1) is 18.3. The molecule has 0 saturated heterocycles. The maximum Gasteiger partial charge on any atom is 0.410 e. The number of benzene rings is 2. The van der Waals surface area contributed by atoms with Gasteiger partial charge in [-0.2, -0.15) is 0 Å². The fourth-order valence-corrected chi connectivity index (χ4v) is 4.19. The molecule has 0 aromatic heterocycles. The van der Waals surface area contributed by atoms with E-state index < -0.39 is 23.4 Å². The molecular weight excluding hydrogens is 516 g/mol. The summed E-state index contributed by atoms with van der Waals surface area (Å²) in [7, 11) is 0. The number of unbranched alkanes of at least 4 members (excludes halogenated alkanes) is 2. The summed E-state index contributed by atoms with van der Waals surface area (Å²) in [6.45, 7) is 12.7. The molecule has 2 aromatic rings. The maximum atomic E-state index is 13.1. The Morgan fingerprint density at radius 1 is 0.795 bits per heavy atom. The average Bonchev–Trinajstić information content (AvgIpc) is 2.83. The van der Waals surface area contributed by atoms with E-state index in [0.29, 0.717) is 56.9 Å². The molecule has 0 aliphatic carbocycles. The first-order valence-corrected chi connectivity index (χ1v) is 13.9. The van der Waals surface area contributed by atoms with Crippen molar-refractivity contribution < 1.29 is 23.9 Å². The van der Waals surface area contributed by atoms with Gasteiger partial charge in [-0.3, -0.25) is 0 Å². The van der Waals surface area contributed by atoms with E-state index in [1.165, 1.54) is 0 Å². The Morgan fingerprint density at radius 2 is 1.33 bits per heavy atom. The summed E-state index contributed by atoms with van der Waals surface area (Å²) < 4.78 is 11.2. The molecule has 39 heavy (non-hydrogen) atoms. The minimum Gasteiger partial charge on any atom is -0.444 e. The van der Waals surface area contributed by atoms with Crippen LogP contribution in [0, 0.1) is 0 Å². The van der Waals surface area contributed by atoms with Gasteiger partial charge in [-0.15, -0.1) is 0 Å². The van der Waals surface area contributed by atoms with Gasteiger partial charge in [0, 0.05) is 43.2 Å². The second-order valence-corrected chi connectivity index (χ2v) is 12.0. The highest BCUT2D eigenvalue weighted by atomic mass is 35.5. The molecule has 0 N–H and O–H groups in total. The van der Waals surface area contributed by atoms with Crippen molar-refractivity contribution in [3.63, 3.8) is 0 Å². The second kappa shape index (κ2) is 14.9. The van der Waals surface area contributed by atoms with E-state index in [1.54, 1.807) is 9.80 Å². The normalized spacial score (nSPS) is 11.6. The summed E-state index contributed by atoms with van der Waals surface area (Å²) in [6, 6.07) is 15.7. The number of hydrogen-bond donors (Lipinski definition) is 0. The molecule has 0 heterocycles. The number of halogens is 1. The molecule has 0 spiro atoms. The Labute approximate surface area is 238 Å². The molecule has 0 unspecified atom stereocenters. The van der Waals surface area contributed by atoms with E-state index in [1.807, 2.05) is 90.1 Å². The minimum absolute atomic E-state index is 0.346. The first kappa shape index (κ1) is 32.2. The van der Waals surface area contributed by atoms with Gasteiger partial charge in [0.05, 0.1) is 0 Å². The van der Waals surface area contributed by atoms with Crippen LogP contribution in [0.5, 0.6) is 0 Å². The Morgan fingerprint density at radius 3 is 1.87 bits per heavy atom. The van der Waals surface area contributed by atoms with E-state index in [9.17, 15) is 14.4 Å². The SMILES string of the molecule is CC(C)(C)OC(=O)N(CCCC=O)CCCCN(Cc1ccc(-c2ccccc2)c(Cl)c1)C(=O)OC(C)(C)C. The lowest BCUT2D eigenvalue weighted by molar-refractivity contribution is -0.108. The topological polar surface area (TPSA) is 76.2 Å². The molecule has 8 heteroatoms. The van der Waals surface area contributed by atoms with Crippen LogP contribution in [0.1, 0.15) is 72.8 Å². The van der Waals surface area contributed by atoms with Gasteiger partial charge in [0.15, 0.2) is 0 Å². The number of carbonyl (C=O) groups excluding carboxylic acids is 3. The first-order valence-electron chi connectivity index (χ1n) is 13.5. The molecule has 0 aliphatic rings. The highest BCUT2D eigenvalue weighted by Gasteiger charge is 2.24. The van der Waals surface area contributed by atoms with Gasteiger partial charge in [-0.05, 0) is 78.0 Å². The van der Waals surface area contributed by atoms with Crippen LogP contribution in [-0.2, 0) is 20.8 Å². The number of ether oxygens (including phenoxy) is 2. The molecule has 0 bridgehead atoms. The number of amides is 2. The van der Waals surface area contributed by atoms with Gasteiger partial charge in [-0.1, -0.05) is 54.1 Å². The van der Waals surface area contributed by atoms with Crippen molar-refractivity contribution in [2.24, 2.45) is 0 Å². The van der Waals surface area contributed by atoms with Gasteiger partial charge in [-0.25, -0.2) is 9.59 Å². The molecule has 2 rings (SSSR count). The van der Waals surface area contributed by atoms with Crippen molar-refractivity contribution in [3.8, 4) is 11.1 Å². The van der Waals surface area contributed by atoms with Gasteiger partial charge in [0.25, 0.3) is 0 Å². The third-order valence-electron chi connectivity index (χ3n) is 5.65. The lowest BCUT2D eigenvalue weighted by Crippen LogP contribution is -2.39. The fraction of sp³-hybridized carbons (Fsp3) is 0.516. The molecule has 2 amide bonds. The zero-order chi connectivity index (χ0) is 29.1. The molecule has 0 fully saturated rings. The van der Waals surface area contributed by atoms with Gasteiger partial charge in [0.1, 0.15) is 17.5 Å². The Bertz CT molecular complexity index is 1080. The number of nitrogens with zero attached hydrogens (tertiary/aromatic N) is 2. The molecule has 0 saturated carbocycles. The number of hydrogen-bond acceptors (Lipinski definition) is 5. The molecular formula is C31H43ClN2O5. The summed E-state index contributed by atoms with van der Waals surface area (Å²) in [6.07, 6.45) is 2.33. The number of aldehydes is 1. The number of carbonyl (C=O) groups is 3. The second-order valence-electron chi connectivity index (χ2n) is 11.6. The summed E-state index contributed by atoms with van der Waals surface area (Å²) in [4.78, 5) is 39.8. The Hall–Kier alpha value is -3.06. The quantitative estimate of drug-likeness (QED) is 0.197. The molecule has 2 aromatic carbocycles. The summed E-state index contributed by atoms with van der Waals surface area (Å²) in [5, 5.41) is 0.617. The molecule has 0 radical (unpaired) electrons. The largest absolute Gasteiger partial charge is 0.444 e. The van der Waals surface area contributed by atoms with Crippen molar-refractivity contribution >= 4 is 30.1 Å². The van der Waals surface area contributed by atoms with Crippen LogP contribution in [-0.4, -0.2) is 59.1 Å². The van der Waals surface area contributed by atoms with E-state index in [2.05, 4.69) is 0 Å². The zero-order valence-corrected chi connectivity index (χ0v) is 24.9. The lowest BCUT2D eigenvalue weighted by atomic mass is 10.0. The lowest BCUT2D eigenvalue weighted by Gasteiger charge is -2.29. The Kier molecular flexibility index (Phi) is 12.3. The minimum atomic E-state index is -0.629. The highest BCUT2D eigenvalue weighted by molar-refractivity contribution is 6.33. The molecule has 0 atom stereocenters. The van der Waals surface area contributed by atoms with Crippen LogP contribution in [0.3, 0.4) is 0 Å². The standard InChI is InChI=1S/C31H43ClN2O5/c1-30(2,3)38-28(36)33(19-12-13-21-35)18-10-11-20-34(29(37)39-31(4,5)6)23-24-16-17-26(27(32)22-24)25-14-8-7-9-15-25/h7-9,14-17,21-22H,10-13,18-20,23H2,1-6H3. The van der Waals surface area contributed by atoms with Crippen molar-refractivity contribution in [1.29, 1.82) is 0 Å². The van der Waals surface area contributed by atoms with Gasteiger partial charge < -0.3 is 24.1 Å². The fourth-order valence-electron chi connectivity index (χ4n) is 3.88. The monoisotopic (exact) mass is 558 g/mol. The van der Waals surface area contributed by atoms with Crippen LogP contribution in [0.25, 0.3) is 11.1 Å². The van der Waals surface area contributed by atoms with E-state index in [-0.39, 0.29) is 0 Å². The summed E-state index contributed by atoms with van der Waals surface area (Å²) in [5.41, 5.74) is 1.62. The van der Waals surface area contributed by atoms with E-state index >= 15 is 0 Å². The summed E-state index contributed by atoms with van der Waals surface area (Å²) in [5.74, 6) is 0. The van der Waals surface area contributed by atoms with Gasteiger partial charge in [0.2, 0.25) is 0 Å². The predicted octanol–water partition coefficient (Wildman–Crippen LogP) is 7.74. The van der Waals surface area contributed by atoms with Crippen molar-refractivity contribution in [1.82, 2.24) is 9.80 Å². The van der Waals surface area contributed by atoms with Crippen LogP contribution < -0.4 is 0 Å². The predicted molar refractivity (Wildman–Crippen MR) is 156 cm³/mol. The van der Waals surface area contributed by atoms with Gasteiger partial charge >= 0.3 is 12.2 Å². The maximum absolute atomic E-state index is 13.1. The van der Waals surface area contributed by atoms with Crippen LogP contribution in [0.4, 0.5) is 9.59 Å². The Balaban J connectivity index is 2.08. The average molecular weight is 559 g/mol. The molecule has 7 nitrogen and oxygen atoms in total. The van der Waals surface area contributed by atoms with Crippen molar-refractivity contribution in [3.05, 3.63) is 59.1 Å². The highest BCUT2D eigenvalue weighted by Crippen LogP contribution is 2.29. The number of rotatable bonds is 12. The van der Waals surface area contributed by atoms with E-state index in [4.69, 9.17) is 21.1 Å². The van der Waals surface area contributed by atoms with Crippen molar-refractivity contribution in [2.45, 2.75) is 85.0 Å². The smallest absolute Gasteiger partial charge is 0.410 e. The summed E-state index contributed by atoms with van der Waals surface area (Å²) >= 11 is 6.62. The third kappa shape index (κ3) is 12.1. The van der Waals surface area contributed by atoms with E-state index in [0.717, 1.165) is 23.0 Å². The van der Waals surface area contributed by atoms with Crippen molar-refractivity contribution in [2.75, 3.05) is 19.6 Å². The third-order valence-corrected chi connectivity index (χ3v) is 5.96. The van der Waals surface area contributed by atoms with Crippen LogP contribution in [0.15, 0.2) is 48.5 Å². The molecule has 214 valence electrons. The zero-order valence-electron chi connectivity index (χ0n) is 24.2. The van der Waals surface area contributed by atoms with Crippen LogP contribution in [0.2, 0.25) is 5.02 Å². The molecule has 0 aliphatic heterocycles. The van der Waals surface area contributed by atoms with Crippen LogP contribution >= 0.6 is 11.6 Å².